The van der Waals surface area contributed by atoms with Crippen molar-refractivity contribution in [1.82, 2.24) is 0 Å². The average molecular weight is 447 g/mol. The second kappa shape index (κ2) is 11.0. The van der Waals surface area contributed by atoms with E-state index < -0.39 is 5.79 Å². The Kier molecular flexibility index (Phi) is 8.45. The molecule has 4 heteroatoms. The van der Waals surface area contributed by atoms with Crippen LogP contribution >= 0.6 is 15.9 Å². The first-order valence-corrected chi connectivity index (χ1v) is 11.4. The number of para-hydroxylation sites is 1. The van der Waals surface area contributed by atoms with E-state index in [0.29, 0.717) is 0 Å². The molecule has 0 radical (unpaired) electrons. The Balaban J connectivity index is 1.92. The fourth-order valence-corrected chi connectivity index (χ4v) is 4.70. The molecule has 0 N–H and O–H groups in total. The molecule has 0 spiro atoms. The molecule has 1 saturated carbocycles. The summed E-state index contributed by atoms with van der Waals surface area (Å²) in [5.41, 5.74) is 0. The van der Waals surface area contributed by atoms with Gasteiger partial charge in [0, 0.05) is 18.9 Å². The van der Waals surface area contributed by atoms with Gasteiger partial charge < -0.3 is 14.2 Å². The number of ether oxygens (including phenoxy) is 3. The first-order chi connectivity index (χ1) is 13.7. The lowest BCUT2D eigenvalue weighted by Crippen LogP contribution is -2.55. The fourth-order valence-electron chi connectivity index (χ4n) is 3.96. The number of rotatable bonds is 7. The first kappa shape index (κ1) is 21.4. The molecule has 0 amide bonds. The number of hydrogen-bond acceptors (Lipinski definition) is 3. The van der Waals surface area contributed by atoms with E-state index in [9.17, 15) is 0 Å². The Morgan fingerprint density at radius 2 is 1.93 bits per heavy atom. The standard InChI is InChI=1S/C24H31BrO3/c1-2-3-4-8-17-22(25)24(20-13-9-10-14-20,27-21-15-6-5-7-16-21)28-23-18-11-12-19-26-23/h2-3,5-7,15-16,20,22-23H,4,9-14,18-19H2,1H3/b3-2+. The maximum absolute atomic E-state index is 6.67. The van der Waals surface area contributed by atoms with Crippen LogP contribution in [0.15, 0.2) is 42.5 Å². The Morgan fingerprint density at radius 3 is 2.61 bits per heavy atom. The molecule has 3 rings (SSSR count). The summed E-state index contributed by atoms with van der Waals surface area (Å²) in [5.74, 6) is 6.84. The topological polar surface area (TPSA) is 27.7 Å². The summed E-state index contributed by atoms with van der Waals surface area (Å²) < 4.78 is 19.3. The smallest absolute Gasteiger partial charge is 0.239 e. The first-order valence-electron chi connectivity index (χ1n) is 10.5. The van der Waals surface area contributed by atoms with E-state index in [2.05, 4.69) is 33.8 Å². The van der Waals surface area contributed by atoms with Crippen molar-refractivity contribution in [2.75, 3.05) is 6.61 Å². The van der Waals surface area contributed by atoms with Gasteiger partial charge in [-0.15, -0.1) is 0 Å². The molecule has 1 aromatic rings. The van der Waals surface area contributed by atoms with Crippen LogP contribution in [0.5, 0.6) is 5.75 Å². The zero-order chi connectivity index (χ0) is 19.7. The molecule has 1 aliphatic carbocycles. The second-order valence-corrected chi connectivity index (χ2v) is 8.40. The molecule has 1 aromatic carbocycles. The second-order valence-electron chi connectivity index (χ2n) is 7.49. The van der Waals surface area contributed by atoms with E-state index in [1.165, 1.54) is 12.8 Å². The Morgan fingerprint density at radius 1 is 1.18 bits per heavy atom. The molecule has 3 unspecified atom stereocenters. The molecule has 28 heavy (non-hydrogen) atoms. The quantitative estimate of drug-likeness (QED) is 0.215. The molecule has 1 heterocycles. The Hall–Kier alpha value is -1.28. The molecule has 3 atom stereocenters. The minimum absolute atomic E-state index is 0.237. The fraction of sp³-hybridized carbons (Fsp3) is 0.583. The minimum atomic E-state index is -0.858. The van der Waals surface area contributed by atoms with Crippen LogP contribution in [0.2, 0.25) is 0 Å². The van der Waals surface area contributed by atoms with Gasteiger partial charge in [-0.3, -0.25) is 0 Å². The van der Waals surface area contributed by atoms with Crippen molar-refractivity contribution in [2.45, 2.75) is 75.2 Å². The Bertz CT molecular complexity index is 666. The molecular weight excluding hydrogens is 416 g/mol. The summed E-state index contributed by atoms with van der Waals surface area (Å²) in [7, 11) is 0. The van der Waals surface area contributed by atoms with E-state index in [1.807, 2.05) is 43.3 Å². The van der Waals surface area contributed by atoms with Gasteiger partial charge in [0.2, 0.25) is 5.79 Å². The van der Waals surface area contributed by atoms with Crippen LogP contribution in [0.4, 0.5) is 0 Å². The predicted molar refractivity (Wildman–Crippen MR) is 116 cm³/mol. The molecule has 0 bridgehead atoms. The highest BCUT2D eigenvalue weighted by atomic mass is 79.9. The highest BCUT2D eigenvalue weighted by molar-refractivity contribution is 9.09. The van der Waals surface area contributed by atoms with E-state index in [1.54, 1.807) is 0 Å². The van der Waals surface area contributed by atoms with E-state index in [0.717, 1.165) is 50.9 Å². The molecule has 2 fully saturated rings. The van der Waals surface area contributed by atoms with Gasteiger partial charge in [-0.2, -0.15) is 0 Å². The highest BCUT2D eigenvalue weighted by Gasteiger charge is 2.51. The molecule has 3 nitrogen and oxygen atoms in total. The zero-order valence-electron chi connectivity index (χ0n) is 16.7. The number of hydrogen-bond donors (Lipinski definition) is 0. The van der Waals surface area contributed by atoms with Crippen molar-refractivity contribution in [1.29, 1.82) is 0 Å². The van der Waals surface area contributed by atoms with Crippen molar-refractivity contribution >= 4 is 15.9 Å². The maximum atomic E-state index is 6.67. The third-order valence-corrected chi connectivity index (χ3v) is 6.30. The molecule has 0 aromatic heterocycles. The Labute approximate surface area is 178 Å². The molecular formula is C24H31BrO3. The van der Waals surface area contributed by atoms with Gasteiger partial charge in [-0.25, -0.2) is 0 Å². The minimum Gasteiger partial charge on any atom is -0.460 e. The summed E-state index contributed by atoms with van der Waals surface area (Å²) in [6.45, 7) is 2.76. The summed E-state index contributed by atoms with van der Waals surface area (Å²) in [5, 5.41) is 0. The van der Waals surface area contributed by atoms with Crippen LogP contribution in [0.3, 0.4) is 0 Å². The molecule has 2 aliphatic rings. The van der Waals surface area contributed by atoms with E-state index in [-0.39, 0.29) is 17.0 Å². The molecule has 152 valence electrons. The lowest BCUT2D eigenvalue weighted by atomic mass is 9.93. The van der Waals surface area contributed by atoms with Crippen molar-refractivity contribution in [3.05, 3.63) is 42.5 Å². The monoisotopic (exact) mass is 446 g/mol. The summed E-state index contributed by atoms with van der Waals surface area (Å²) in [4.78, 5) is -0.237. The van der Waals surface area contributed by atoms with Gasteiger partial charge in [0.15, 0.2) is 6.29 Å². The van der Waals surface area contributed by atoms with Crippen LogP contribution in [0, 0.1) is 17.8 Å². The third-order valence-electron chi connectivity index (χ3n) is 5.44. The van der Waals surface area contributed by atoms with Crippen LogP contribution in [-0.4, -0.2) is 23.5 Å². The predicted octanol–water partition coefficient (Wildman–Crippen LogP) is 6.23. The highest BCUT2D eigenvalue weighted by Crippen LogP contribution is 2.43. The SMILES string of the molecule is C/C=C/CC#CC(Br)C(Oc1ccccc1)(OC1CCCCO1)C1CCCC1. The van der Waals surface area contributed by atoms with Gasteiger partial charge in [0.1, 0.15) is 10.6 Å². The van der Waals surface area contributed by atoms with Gasteiger partial charge in [0.25, 0.3) is 0 Å². The zero-order valence-corrected chi connectivity index (χ0v) is 18.3. The van der Waals surface area contributed by atoms with Crippen LogP contribution in [-0.2, 0) is 9.47 Å². The van der Waals surface area contributed by atoms with E-state index >= 15 is 0 Å². The molecule has 1 saturated heterocycles. The number of benzene rings is 1. The average Bonchev–Trinajstić information content (AvgIpc) is 3.27. The van der Waals surface area contributed by atoms with Crippen LogP contribution in [0.1, 0.15) is 58.3 Å². The van der Waals surface area contributed by atoms with Gasteiger partial charge in [0.05, 0.1) is 0 Å². The normalized spacial score (nSPS) is 23.7. The van der Waals surface area contributed by atoms with Gasteiger partial charge in [-0.05, 0) is 51.2 Å². The molecule has 1 aliphatic heterocycles. The van der Waals surface area contributed by atoms with Gasteiger partial charge >= 0.3 is 0 Å². The number of alkyl halides is 1. The lowest BCUT2D eigenvalue weighted by Gasteiger charge is -2.43. The largest absolute Gasteiger partial charge is 0.460 e. The van der Waals surface area contributed by atoms with Crippen LogP contribution < -0.4 is 4.74 Å². The van der Waals surface area contributed by atoms with Crippen molar-refractivity contribution in [2.24, 2.45) is 5.92 Å². The summed E-state index contributed by atoms with van der Waals surface area (Å²) in [6.07, 6.45) is 12.3. The third kappa shape index (κ3) is 5.63. The van der Waals surface area contributed by atoms with Crippen molar-refractivity contribution in [3.8, 4) is 17.6 Å². The maximum Gasteiger partial charge on any atom is 0.239 e. The summed E-state index contributed by atoms with van der Waals surface area (Å²) >= 11 is 3.84. The van der Waals surface area contributed by atoms with E-state index in [4.69, 9.17) is 14.2 Å². The summed E-state index contributed by atoms with van der Waals surface area (Å²) in [6, 6.07) is 9.96. The number of allylic oxidation sites excluding steroid dienone is 2. The van der Waals surface area contributed by atoms with Crippen molar-refractivity contribution in [3.63, 3.8) is 0 Å². The van der Waals surface area contributed by atoms with Crippen LogP contribution in [0.25, 0.3) is 0 Å². The van der Waals surface area contributed by atoms with Crippen molar-refractivity contribution < 1.29 is 14.2 Å². The lowest BCUT2D eigenvalue weighted by molar-refractivity contribution is -0.301. The van der Waals surface area contributed by atoms with Gasteiger partial charge in [-0.1, -0.05) is 71.0 Å². The number of halogens is 1.